The fourth-order valence-corrected chi connectivity index (χ4v) is 2.68. The van der Waals surface area contributed by atoms with Crippen LogP contribution in [0.1, 0.15) is 0 Å². The van der Waals surface area contributed by atoms with Gasteiger partial charge in [0.25, 0.3) is 0 Å². The van der Waals surface area contributed by atoms with E-state index in [9.17, 15) is 4.57 Å². The van der Waals surface area contributed by atoms with E-state index in [0.29, 0.717) is 5.69 Å². The highest BCUT2D eigenvalue weighted by atomic mass is 31.2. The number of nitrogens with one attached hydrogen (secondary N) is 1. The Kier molecular flexibility index (Phi) is 5.28. The van der Waals surface area contributed by atoms with Gasteiger partial charge in [-0.15, -0.1) is 0 Å². The van der Waals surface area contributed by atoms with E-state index in [0.717, 1.165) is 5.69 Å². The molecular weight excluding hydrogens is 287 g/mol. The summed E-state index contributed by atoms with van der Waals surface area (Å²) in [6, 6.07) is 18.5. The van der Waals surface area contributed by atoms with Crippen LogP contribution in [0.25, 0.3) is 0 Å². The normalized spacial score (nSPS) is 12.2. The third-order valence-corrected chi connectivity index (χ3v) is 4.45. The molecule has 0 radical (unpaired) electrons. The number of nitrogens with zero attached hydrogens (tertiary/aromatic N) is 1. The zero-order valence-corrected chi connectivity index (χ0v) is 12.8. The fourth-order valence-electron chi connectivity index (χ4n) is 1.68. The van der Waals surface area contributed by atoms with Crippen molar-refractivity contribution in [2.75, 3.05) is 19.5 Å². The maximum atomic E-state index is 12.6. The van der Waals surface area contributed by atoms with E-state index < -0.39 is 7.60 Å². The molecule has 0 fully saturated rings. The van der Waals surface area contributed by atoms with E-state index >= 15 is 0 Å². The number of benzene rings is 2. The number of hydrogen-bond acceptors (Lipinski definition) is 4. The van der Waals surface area contributed by atoms with Crippen LogP contribution in [-0.4, -0.2) is 19.8 Å². The van der Waals surface area contributed by atoms with Gasteiger partial charge in [0.05, 0.1) is 5.69 Å². The van der Waals surface area contributed by atoms with Crippen molar-refractivity contribution in [3.8, 4) is 0 Å². The highest BCUT2D eigenvalue weighted by molar-refractivity contribution is 7.72. The molecule has 0 bridgehead atoms. The molecule has 0 unspecified atom stereocenters. The van der Waals surface area contributed by atoms with Crippen LogP contribution in [0.5, 0.6) is 0 Å². The van der Waals surface area contributed by atoms with Crippen molar-refractivity contribution in [3.63, 3.8) is 0 Å². The first-order valence-electron chi connectivity index (χ1n) is 6.36. The molecule has 21 heavy (non-hydrogen) atoms. The molecule has 0 aliphatic heterocycles. The first-order chi connectivity index (χ1) is 10.2. The molecule has 0 heterocycles. The molecule has 0 aromatic heterocycles. The molecule has 0 aliphatic carbocycles. The predicted molar refractivity (Wildman–Crippen MR) is 85.2 cm³/mol. The predicted octanol–water partition coefficient (Wildman–Crippen LogP) is 4.27. The Morgan fingerprint density at radius 3 is 2.00 bits per heavy atom. The van der Waals surface area contributed by atoms with E-state index in [1.807, 2.05) is 60.7 Å². The molecule has 0 saturated heterocycles. The van der Waals surface area contributed by atoms with Gasteiger partial charge < -0.3 is 14.4 Å². The highest BCUT2D eigenvalue weighted by Crippen LogP contribution is 2.48. The van der Waals surface area contributed by atoms with Crippen LogP contribution < -0.4 is 5.32 Å². The van der Waals surface area contributed by atoms with Gasteiger partial charge in [-0.3, -0.25) is 4.57 Å². The third-order valence-electron chi connectivity index (χ3n) is 2.76. The van der Waals surface area contributed by atoms with Crippen LogP contribution in [0.3, 0.4) is 0 Å². The topological polar surface area (TPSA) is 59.9 Å². The zero-order valence-electron chi connectivity index (χ0n) is 11.9. The molecule has 110 valence electrons. The van der Waals surface area contributed by atoms with Gasteiger partial charge in [0, 0.05) is 19.9 Å². The van der Waals surface area contributed by atoms with E-state index in [-0.39, 0.29) is 5.58 Å². The van der Waals surface area contributed by atoms with Crippen molar-refractivity contribution in [2.45, 2.75) is 0 Å². The van der Waals surface area contributed by atoms with E-state index in [4.69, 9.17) is 9.05 Å². The molecule has 2 aromatic carbocycles. The van der Waals surface area contributed by atoms with Crippen molar-refractivity contribution >= 4 is 24.5 Å². The van der Waals surface area contributed by atoms with Crippen molar-refractivity contribution in [1.82, 2.24) is 0 Å². The molecule has 0 amide bonds. The maximum absolute atomic E-state index is 12.6. The summed E-state index contributed by atoms with van der Waals surface area (Å²) in [5.41, 5.74) is 1.55. The Balaban J connectivity index is 2.40. The van der Waals surface area contributed by atoms with Gasteiger partial charge in [-0.05, 0) is 24.3 Å². The van der Waals surface area contributed by atoms with Crippen LogP contribution in [0.15, 0.2) is 65.7 Å². The second-order valence-corrected chi connectivity index (χ2v) is 6.27. The summed E-state index contributed by atoms with van der Waals surface area (Å²) in [7, 11) is -0.822. The molecule has 0 atom stereocenters. The average molecular weight is 304 g/mol. The van der Waals surface area contributed by atoms with E-state index in [1.165, 1.54) is 14.2 Å². The highest BCUT2D eigenvalue weighted by Gasteiger charge is 2.30. The summed E-state index contributed by atoms with van der Waals surface area (Å²) in [4.78, 5) is 4.36. The number of anilines is 1. The number of amidine groups is 1. The Bertz CT molecular complexity index is 636. The van der Waals surface area contributed by atoms with Gasteiger partial charge >= 0.3 is 7.60 Å². The lowest BCUT2D eigenvalue weighted by Gasteiger charge is -2.17. The number of hydrogen-bond donors (Lipinski definition) is 1. The van der Waals surface area contributed by atoms with E-state index in [1.54, 1.807) is 0 Å². The fraction of sp³-hybridized carbons (Fsp3) is 0.133. The lowest BCUT2D eigenvalue weighted by molar-refractivity contribution is 0.290. The van der Waals surface area contributed by atoms with Crippen molar-refractivity contribution in [3.05, 3.63) is 60.7 Å². The van der Waals surface area contributed by atoms with Crippen LogP contribution in [0.4, 0.5) is 11.4 Å². The summed E-state index contributed by atoms with van der Waals surface area (Å²) >= 11 is 0. The van der Waals surface area contributed by atoms with Crippen LogP contribution in [0.2, 0.25) is 0 Å². The minimum absolute atomic E-state index is 0.143. The summed E-state index contributed by atoms with van der Waals surface area (Å²) in [6.07, 6.45) is 0. The van der Waals surface area contributed by atoms with Crippen molar-refractivity contribution in [2.24, 2.45) is 4.99 Å². The Labute approximate surface area is 124 Å². The van der Waals surface area contributed by atoms with Crippen LogP contribution in [0, 0.1) is 0 Å². The van der Waals surface area contributed by atoms with Gasteiger partial charge in [0.1, 0.15) is 0 Å². The van der Waals surface area contributed by atoms with Gasteiger partial charge in [-0.25, -0.2) is 4.99 Å². The lowest BCUT2D eigenvalue weighted by Crippen LogP contribution is -2.14. The minimum atomic E-state index is -3.48. The molecule has 2 aromatic rings. The molecule has 1 N–H and O–H groups in total. The molecule has 0 saturated carbocycles. The number of rotatable bonds is 5. The zero-order chi connectivity index (χ0) is 15.1. The molecule has 6 heteroatoms. The number of para-hydroxylation sites is 2. The summed E-state index contributed by atoms with van der Waals surface area (Å²) in [5.74, 6) is 0. The summed E-state index contributed by atoms with van der Waals surface area (Å²) < 4.78 is 22.7. The maximum Gasteiger partial charge on any atom is 0.395 e. The molecule has 2 rings (SSSR count). The van der Waals surface area contributed by atoms with Gasteiger partial charge in [-0.1, -0.05) is 36.4 Å². The monoisotopic (exact) mass is 304 g/mol. The Morgan fingerprint density at radius 1 is 0.952 bits per heavy atom. The molecular formula is C15H17N2O3P. The van der Waals surface area contributed by atoms with Crippen molar-refractivity contribution in [1.29, 1.82) is 0 Å². The molecule has 0 spiro atoms. The van der Waals surface area contributed by atoms with Crippen LogP contribution >= 0.6 is 7.60 Å². The summed E-state index contributed by atoms with van der Waals surface area (Å²) in [6.45, 7) is 0. The van der Waals surface area contributed by atoms with Crippen LogP contribution in [-0.2, 0) is 13.6 Å². The smallest absolute Gasteiger partial charge is 0.333 e. The minimum Gasteiger partial charge on any atom is -0.333 e. The molecule has 0 aliphatic rings. The lowest BCUT2D eigenvalue weighted by atomic mass is 10.3. The largest absolute Gasteiger partial charge is 0.395 e. The van der Waals surface area contributed by atoms with Gasteiger partial charge in [0.2, 0.25) is 5.58 Å². The average Bonchev–Trinajstić information content (AvgIpc) is 2.55. The first-order valence-corrected chi connectivity index (χ1v) is 7.90. The Hall–Kier alpha value is -1.94. The third kappa shape index (κ3) is 4.02. The standard InChI is InChI=1S/C15H17N2O3P/c1-19-21(18,20-2)15(16-13-9-5-3-6-10-13)17-14-11-7-4-8-12-14/h3-12H,1-2H3,(H,16,17). The van der Waals surface area contributed by atoms with Gasteiger partial charge in [0.15, 0.2) is 0 Å². The van der Waals surface area contributed by atoms with E-state index in [2.05, 4.69) is 10.3 Å². The second-order valence-electron chi connectivity index (χ2n) is 4.12. The summed E-state index contributed by atoms with van der Waals surface area (Å²) in [5, 5.41) is 3.01. The number of aliphatic imine (C=N–C) groups is 1. The SMILES string of the molecule is COP(=O)(OC)C(=Nc1ccccc1)Nc1ccccc1. The second kappa shape index (κ2) is 7.18. The van der Waals surface area contributed by atoms with Gasteiger partial charge in [-0.2, -0.15) is 0 Å². The first kappa shape index (κ1) is 15.4. The molecule has 5 nitrogen and oxygen atoms in total. The van der Waals surface area contributed by atoms with Crippen molar-refractivity contribution < 1.29 is 13.6 Å². The quantitative estimate of drug-likeness (QED) is 0.509. The Morgan fingerprint density at radius 2 is 1.48 bits per heavy atom.